The summed E-state index contributed by atoms with van der Waals surface area (Å²) in [7, 11) is 0. The largest absolute Gasteiger partial charge is 0.348 e. The highest BCUT2D eigenvalue weighted by Gasteiger charge is 2.16. The van der Waals surface area contributed by atoms with Gasteiger partial charge in [-0.05, 0) is 30.4 Å². The van der Waals surface area contributed by atoms with Gasteiger partial charge in [0, 0.05) is 12.2 Å². The predicted octanol–water partition coefficient (Wildman–Crippen LogP) is 2.27. The van der Waals surface area contributed by atoms with E-state index in [0.717, 1.165) is 23.2 Å². The van der Waals surface area contributed by atoms with Gasteiger partial charge in [0.1, 0.15) is 0 Å². The van der Waals surface area contributed by atoms with E-state index < -0.39 is 11.8 Å². The molecule has 1 aromatic rings. The van der Waals surface area contributed by atoms with Crippen LogP contribution < -0.4 is 10.6 Å². The van der Waals surface area contributed by atoms with Crippen LogP contribution >= 0.6 is 0 Å². The Morgan fingerprint density at radius 3 is 2.47 bits per heavy atom. The van der Waals surface area contributed by atoms with Crippen LogP contribution in [0, 0.1) is 12.8 Å². The van der Waals surface area contributed by atoms with Gasteiger partial charge in [-0.1, -0.05) is 39.0 Å². The van der Waals surface area contributed by atoms with Crippen molar-refractivity contribution in [2.24, 2.45) is 5.92 Å². The minimum absolute atomic E-state index is 0.321. The van der Waals surface area contributed by atoms with E-state index in [0.29, 0.717) is 12.5 Å². The molecule has 104 valence electrons. The molecule has 0 atom stereocenters. The third kappa shape index (κ3) is 4.39. The molecule has 1 aromatic carbocycles. The zero-order valence-electron chi connectivity index (χ0n) is 12.0. The number of hydrogen-bond acceptors (Lipinski definition) is 2. The smallest absolute Gasteiger partial charge is 0.313 e. The summed E-state index contributed by atoms with van der Waals surface area (Å²) < 4.78 is 0. The van der Waals surface area contributed by atoms with Gasteiger partial charge in [-0.25, -0.2) is 0 Å². The number of benzene rings is 1. The third-order valence-electron chi connectivity index (χ3n) is 2.86. The van der Waals surface area contributed by atoms with Crippen molar-refractivity contribution in [3.63, 3.8) is 0 Å². The van der Waals surface area contributed by atoms with Crippen molar-refractivity contribution in [1.29, 1.82) is 0 Å². The maximum absolute atomic E-state index is 11.8. The zero-order chi connectivity index (χ0) is 14.4. The normalized spacial score (nSPS) is 10.4. The molecule has 0 radical (unpaired) electrons. The standard InChI is InChI=1S/C15H22N2O2/c1-5-12-8-6-7-11(4)13(12)17-15(19)14(18)16-9-10(2)3/h6-8,10H,5,9H2,1-4H3,(H,16,18)(H,17,19). The van der Waals surface area contributed by atoms with E-state index in [1.165, 1.54) is 0 Å². The van der Waals surface area contributed by atoms with Crippen molar-refractivity contribution in [1.82, 2.24) is 5.32 Å². The number of nitrogens with one attached hydrogen (secondary N) is 2. The van der Waals surface area contributed by atoms with Crippen LogP contribution in [0.4, 0.5) is 5.69 Å². The Kier molecular flexibility index (Phi) is 5.55. The minimum atomic E-state index is -0.607. The molecule has 4 heteroatoms. The summed E-state index contributed by atoms with van der Waals surface area (Å²) >= 11 is 0. The molecule has 0 aliphatic rings. The van der Waals surface area contributed by atoms with Crippen LogP contribution in [-0.4, -0.2) is 18.4 Å². The highest BCUT2D eigenvalue weighted by Crippen LogP contribution is 2.20. The molecule has 0 heterocycles. The second-order valence-corrected chi connectivity index (χ2v) is 5.02. The first-order chi connectivity index (χ1) is 8.95. The van der Waals surface area contributed by atoms with Gasteiger partial charge in [-0.15, -0.1) is 0 Å². The van der Waals surface area contributed by atoms with E-state index in [2.05, 4.69) is 10.6 Å². The number of carbonyl (C=O) groups excluding carboxylic acids is 2. The predicted molar refractivity (Wildman–Crippen MR) is 77.0 cm³/mol. The van der Waals surface area contributed by atoms with Crippen molar-refractivity contribution in [2.75, 3.05) is 11.9 Å². The average molecular weight is 262 g/mol. The third-order valence-corrected chi connectivity index (χ3v) is 2.86. The lowest BCUT2D eigenvalue weighted by Crippen LogP contribution is -2.37. The monoisotopic (exact) mass is 262 g/mol. The Labute approximate surface area is 114 Å². The summed E-state index contributed by atoms with van der Waals surface area (Å²) in [4.78, 5) is 23.5. The molecule has 0 aliphatic carbocycles. The Hall–Kier alpha value is -1.84. The van der Waals surface area contributed by atoms with Crippen molar-refractivity contribution in [2.45, 2.75) is 34.1 Å². The second kappa shape index (κ2) is 6.92. The molecular weight excluding hydrogens is 240 g/mol. The second-order valence-electron chi connectivity index (χ2n) is 5.02. The van der Waals surface area contributed by atoms with Crippen molar-refractivity contribution in [3.05, 3.63) is 29.3 Å². The summed E-state index contributed by atoms with van der Waals surface area (Å²) in [5.74, 6) is -0.870. The number of aryl methyl sites for hydroxylation is 2. The van der Waals surface area contributed by atoms with Crippen LogP contribution in [0.5, 0.6) is 0 Å². The summed E-state index contributed by atoms with van der Waals surface area (Å²) in [5, 5.41) is 5.31. The van der Waals surface area contributed by atoms with E-state index in [1.807, 2.05) is 45.9 Å². The van der Waals surface area contributed by atoms with Crippen molar-refractivity contribution in [3.8, 4) is 0 Å². The van der Waals surface area contributed by atoms with Crippen LogP contribution in [0.25, 0.3) is 0 Å². The van der Waals surface area contributed by atoms with Gasteiger partial charge in [-0.3, -0.25) is 9.59 Å². The maximum Gasteiger partial charge on any atom is 0.313 e. The molecule has 1 rings (SSSR count). The van der Waals surface area contributed by atoms with Gasteiger partial charge < -0.3 is 10.6 Å². The Morgan fingerprint density at radius 2 is 1.89 bits per heavy atom. The van der Waals surface area contributed by atoms with Crippen LogP contribution in [0.1, 0.15) is 31.9 Å². The summed E-state index contributed by atoms with van der Waals surface area (Å²) in [6.45, 7) is 8.40. The Balaban J connectivity index is 2.74. The van der Waals surface area contributed by atoms with Gasteiger partial charge in [-0.2, -0.15) is 0 Å². The molecule has 0 fully saturated rings. The maximum atomic E-state index is 11.8. The lowest BCUT2D eigenvalue weighted by molar-refractivity contribution is -0.136. The average Bonchev–Trinajstić information content (AvgIpc) is 2.37. The van der Waals surface area contributed by atoms with Crippen LogP contribution in [0.3, 0.4) is 0 Å². The molecule has 0 saturated carbocycles. The number of para-hydroxylation sites is 1. The minimum Gasteiger partial charge on any atom is -0.348 e. The first kappa shape index (κ1) is 15.2. The van der Waals surface area contributed by atoms with Gasteiger partial charge in [0.25, 0.3) is 0 Å². The molecular formula is C15H22N2O2. The molecule has 2 amide bonds. The fraction of sp³-hybridized carbons (Fsp3) is 0.467. The Bertz CT molecular complexity index is 467. The number of amides is 2. The van der Waals surface area contributed by atoms with Crippen LogP contribution in [0.2, 0.25) is 0 Å². The first-order valence-electron chi connectivity index (χ1n) is 6.63. The number of rotatable bonds is 4. The zero-order valence-corrected chi connectivity index (χ0v) is 12.0. The number of anilines is 1. The quantitative estimate of drug-likeness (QED) is 0.818. The summed E-state index contributed by atoms with van der Waals surface area (Å²) in [6.07, 6.45) is 0.810. The summed E-state index contributed by atoms with van der Waals surface area (Å²) in [5.41, 5.74) is 2.74. The number of hydrogen-bond donors (Lipinski definition) is 2. The molecule has 0 bridgehead atoms. The van der Waals surface area contributed by atoms with E-state index in [1.54, 1.807) is 0 Å². The van der Waals surface area contributed by atoms with Gasteiger partial charge in [0.05, 0.1) is 0 Å². The van der Waals surface area contributed by atoms with Crippen LogP contribution in [-0.2, 0) is 16.0 Å². The van der Waals surface area contributed by atoms with Crippen LogP contribution in [0.15, 0.2) is 18.2 Å². The van der Waals surface area contributed by atoms with E-state index >= 15 is 0 Å². The van der Waals surface area contributed by atoms with Gasteiger partial charge >= 0.3 is 11.8 Å². The first-order valence-corrected chi connectivity index (χ1v) is 6.63. The molecule has 0 aromatic heterocycles. The fourth-order valence-electron chi connectivity index (χ4n) is 1.75. The molecule has 4 nitrogen and oxygen atoms in total. The van der Waals surface area contributed by atoms with E-state index in [4.69, 9.17) is 0 Å². The highest BCUT2D eigenvalue weighted by molar-refractivity contribution is 6.39. The lowest BCUT2D eigenvalue weighted by Gasteiger charge is -2.13. The summed E-state index contributed by atoms with van der Waals surface area (Å²) in [6, 6.07) is 5.82. The van der Waals surface area contributed by atoms with Crippen molar-refractivity contribution >= 4 is 17.5 Å². The molecule has 2 N–H and O–H groups in total. The number of carbonyl (C=O) groups is 2. The topological polar surface area (TPSA) is 58.2 Å². The molecule has 0 saturated heterocycles. The highest BCUT2D eigenvalue weighted by atomic mass is 16.2. The van der Waals surface area contributed by atoms with Gasteiger partial charge in [0.2, 0.25) is 0 Å². The molecule has 0 spiro atoms. The SMILES string of the molecule is CCc1cccc(C)c1NC(=O)C(=O)NCC(C)C. The molecule has 0 aliphatic heterocycles. The molecule has 19 heavy (non-hydrogen) atoms. The van der Waals surface area contributed by atoms with E-state index in [9.17, 15) is 9.59 Å². The van der Waals surface area contributed by atoms with Crippen molar-refractivity contribution < 1.29 is 9.59 Å². The lowest BCUT2D eigenvalue weighted by atomic mass is 10.1. The molecule has 0 unspecified atom stereocenters. The van der Waals surface area contributed by atoms with Gasteiger partial charge in [0.15, 0.2) is 0 Å². The Morgan fingerprint density at radius 1 is 1.21 bits per heavy atom. The fourth-order valence-corrected chi connectivity index (χ4v) is 1.75. The van der Waals surface area contributed by atoms with E-state index in [-0.39, 0.29) is 0 Å².